The summed E-state index contributed by atoms with van der Waals surface area (Å²) < 4.78 is 28.6. The molecule has 0 radical (unpaired) electrons. The molecule has 1 aromatic heterocycles. The van der Waals surface area contributed by atoms with Crippen LogP contribution in [0.15, 0.2) is 65.6 Å². The zero-order valence-electron chi connectivity index (χ0n) is 20.7. The van der Waals surface area contributed by atoms with Gasteiger partial charge in [0.15, 0.2) is 0 Å². The number of benzene rings is 2. The summed E-state index contributed by atoms with van der Waals surface area (Å²) in [5.74, 6) is -1.39. The number of sulfonamides is 1. The van der Waals surface area contributed by atoms with E-state index in [0.29, 0.717) is 11.3 Å². The number of carbonyl (C=O) groups excluding carboxylic acids is 1. The second kappa shape index (κ2) is 10.4. The van der Waals surface area contributed by atoms with Crippen molar-refractivity contribution in [3.05, 3.63) is 71.1 Å². The van der Waals surface area contributed by atoms with Crippen LogP contribution in [-0.2, 0) is 14.8 Å². The van der Waals surface area contributed by atoms with Gasteiger partial charge in [-0.05, 0) is 48.9 Å². The van der Waals surface area contributed by atoms with Crippen LogP contribution in [0, 0.1) is 12.8 Å². The molecule has 0 spiro atoms. The Morgan fingerprint density at radius 2 is 1.68 bits per heavy atom. The highest BCUT2D eigenvalue weighted by Crippen LogP contribution is 2.42. The molecule has 1 aliphatic heterocycles. The standard InChI is InChI=1S/C28H30N2O5S2/c1-19-10-8-9-15-25(19)37(34,35)29-17-23(20-11-4-2-5-12-20)30(26(31)18-29)22-16-24(36-27(22)28(32)33)21-13-6-3-7-14-21/h3,6-10,13-16,20,23H,2,4-5,11-12,17-18H2,1H3,(H,32,33). The number of anilines is 1. The summed E-state index contributed by atoms with van der Waals surface area (Å²) in [6.45, 7) is 1.57. The molecule has 9 heteroatoms. The Hall–Kier alpha value is -3.01. The number of thiophene rings is 1. The van der Waals surface area contributed by atoms with Crippen LogP contribution in [0.3, 0.4) is 0 Å². The van der Waals surface area contributed by atoms with E-state index in [1.54, 1.807) is 42.2 Å². The molecule has 194 valence electrons. The monoisotopic (exact) mass is 538 g/mol. The van der Waals surface area contributed by atoms with Gasteiger partial charge in [-0.3, -0.25) is 4.79 Å². The van der Waals surface area contributed by atoms with Crippen molar-refractivity contribution in [1.29, 1.82) is 0 Å². The molecule has 2 aliphatic rings. The van der Waals surface area contributed by atoms with Gasteiger partial charge in [-0.1, -0.05) is 67.8 Å². The Morgan fingerprint density at radius 3 is 2.35 bits per heavy atom. The molecule has 3 aromatic rings. The van der Waals surface area contributed by atoms with Gasteiger partial charge in [0.05, 0.1) is 23.2 Å². The number of carboxylic acid groups (broad SMARTS) is 1. The van der Waals surface area contributed by atoms with Crippen LogP contribution in [0.1, 0.15) is 47.3 Å². The molecule has 1 atom stereocenters. The van der Waals surface area contributed by atoms with E-state index in [2.05, 4.69) is 0 Å². The molecule has 1 saturated carbocycles. The fourth-order valence-corrected chi connectivity index (χ4v) is 8.21. The van der Waals surface area contributed by atoms with E-state index in [9.17, 15) is 23.1 Å². The first-order valence-electron chi connectivity index (χ1n) is 12.6. The predicted octanol–water partition coefficient (Wildman–Crippen LogP) is 5.41. The Kier molecular flexibility index (Phi) is 7.20. The van der Waals surface area contributed by atoms with E-state index in [-0.39, 0.29) is 34.7 Å². The van der Waals surface area contributed by atoms with E-state index < -0.39 is 22.0 Å². The molecule has 2 aromatic carbocycles. The average molecular weight is 539 g/mol. The van der Waals surface area contributed by atoms with Gasteiger partial charge < -0.3 is 10.0 Å². The predicted molar refractivity (Wildman–Crippen MR) is 145 cm³/mol. The van der Waals surface area contributed by atoms with Crippen molar-refractivity contribution in [1.82, 2.24) is 4.31 Å². The molecule has 0 bridgehead atoms. The SMILES string of the molecule is Cc1ccccc1S(=O)(=O)N1CC(=O)N(c2cc(-c3ccccc3)sc2C(=O)O)C(C2CCCCC2)C1. The summed E-state index contributed by atoms with van der Waals surface area (Å²) in [4.78, 5) is 28.8. The molecule has 5 rings (SSSR count). The summed E-state index contributed by atoms with van der Waals surface area (Å²) in [6, 6.07) is 17.6. The fourth-order valence-electron chi connectivity index (χ4n) is 5.58. The first-order chi connectivity index (χ1) is 17.8. The van der Waals surface area contributed by atoms with Crippen molar-refractivity contribution in [2.75, 3.05) is 18.0 Å². The minimum atomic E-state index is -3.89. The van der Waals surface area contributed by atoms with E-state index in [0.717, 1.165) is 53.9 Å². The number of rotatable bonds is 6. The first-order valence-corrected chi connectivity index (χ1v) is 14.8. The Bertz CT molecular complexity index is 1410. The van der Waals surface area contributed by atoms with Crippen LogP contribution in [0.4, 0.5) is 5.69 Å². The number of carbonyl (C=O) groups is 2. The van der Waals surface area contributed by atoms with Gasteiger partial charge in [-0.2, -0.15) is 4.31 Å². The third-order valence-corrected chi connectivity index (χ3v) is 10.6. The Morgan fingerprint density at radius 1 is 1.00 bits per heavy atom. The molecule has 1 unspecified atom stereocenters. The number of hydrogen-bond acceptors (Lipinski definition) is 5. The van der Waals surface area contributed by atoms with Crippen LogP contribution >= 0.6 is 11.3 Å². The molecule has 2 fully saturated rings. The molecular weight excluding hydrogens is 508 g/mol. The highest BCUT2D eigenvalue weighted by Gasteiger charge is 2.44. The highest BCUT2D eigenvalue weighted by atomic mass is 32.2. The molecule has 1 N–H and O–H groups in total. The van der Waals surface area contributed by atoms with Crippen LogP contribution in [0.25, 0.3) is 10.4 Å². The minimum absolute atomic E-state index is 0.0919. The quantitative estimate of drug-likeness (QED) is 0.453. The normalized spacial score (nSPS) is 19.8. The van der Waals surface area contributed by atoms with Crippen LogP contribution in [0.2, 0.25) is 0 Å². The zero-order valence-corrected chi connectivity index (χ0v) is 22.3. The largest absolute Gasteiger partial charge is 0.477 e. The van der Waals surface area contributed by atoms with Crippen molar-refractivity contribution in [3.8, 4) is 10.4 Å². The third-order valence-electron chi connectivity index (χ3n) is 7.43. The number of aromatic carboxylic acids is 1. The number of amides is 1. The van der Waals surface area contributed by atoms with E-state index in [1.165, 1.54) is 4.31 Å². The summed E-state index contributed by atoms with van der Waals surface area (Å²) >= 11 is 1.14. The molecule has 2 heterocycles. The van der Waals surface area contributed by atoms with Gasteiger partial charge in [0.2, 0.25) is 15.9 Å². The average Bonchev–Trinajstić information content (AvgIpc) is 3.35. The number of nitrogens with zero attached hydrogens (tertiary/aromatic N) is 2. The summed E-state index contributed by atoms with van der Waals surface area (Å²) in [6.07, 6.45) is 4.89. The molecule has 1 aliphatic carbocycles. The van der Waals surface area contributed by atoms with Gasteiger partial charge in [-0.25, -0.2) is 13.2 Å². The lowest BCUT2D eigenvalue weighted by Crippen LogP contribution is -2.60. The fraction of sp³-hybridized carbons (Fsp3) is 0.357. The molecular formula is C28H30N2O5S2. The molecule has 37 heavy (non-hydrogen) atoms. The van der Waals surface area contributed by atoms with Gasteiger partial charge in [0.25, 0.3) is 0 Å². The number of piperazine rings is 1. The molecule has 1 amide bonds. The van der Waals surface area contributed by atoms with Crippen molar-refractivity contribution in [2.24, 2.45) is 5.92 Å². The lowest BCUT2D eigenvalue weighted by Gasteiger charge is -2.45. The second-order valence-electron chi connectivity index (χ2n) is 9.79. The maximum absolute atomic E-state index is 13.8. The smallest absolute Gasteiger partial charge is 0.348 e. The van der Waals surface area contributed by atoms with Gasteiger partial charge in [-0.15, -0.1) is 11.3 Å². The van der Waals surface area contributed by atoms with Crippen molar-refractivity contribution < 1.29 is 23.1 Å². The summed E-state index contributed by atoms with van der Waals surface area (Å²) in [5, 5.41) is 10.1. The maximum atomic E-state index is 13.8. The summed E-state index contributed by atoms with van der Waals surface area (Å²) in [5.41, 5.74) is 1.87. The van der Waals surface area contributed by atoms with E-state index >= 15 is 0 Å². The molecule has 7 nitrogen and oxygen atoms in total. The summed E-state index contributed by atoms with van der Waals surface area (Å²) in [7, 11) is -3.89. The van der Waals surface area contributed by atoms with Crippen molar-refractivity contribution in [2.45, 2.75) is 50.0 Å². The Balaban J connectivity index is 1.57. The van der Waals surface area contributed by atoms with E-state index in [4.69, 9.17) is 0 Å². The molecule has 1 saturated heterocycles. The third kappa shape index (κ3) is 4.95. The van der Waals surface area contributed by atoms with Crippen molar-refractivity contribution >= 4 is 38.9 Å². The van der Waals surface area contributed by atoms with Crippen LogP contribution < -0.4 is 4.90 Å². The second-order valence-corrected chi connectivity index (χ2v) is 12.7. The zero-order chi connectivity index (χ0) is 26.2. The number of hydrogen-bond donors (Lipinski definition) is 1. The van der Waals surface area contributed by atoms with Gasteiger partial charge in [0.1, 0.15) is 4.88 Å². The lowest BCUT2D eigenvalue weighted by atomic mass is 9.82. The van der Waals surface area contributed by atoms with Crippen LogP contribution in [0.5, 0.6) is 0 Å². The van der Waals surface area contributed by atoms with Crippen molar-refractivity contribution in [3.63, 3.8) is 0 Å². The van der Waals surface area contributed by atoms with Gasteiger partial charge in [0, 0.05) is 11.4 Å². The number of aryl methyl sites for hydroxylation is 1. The highest BCUT2D eigenvalue weighted by molar-refractivity contribution is 7.89. The topological polar surface area (TPSA) is 95.0 Å². The Labute approximate surface area is 221 Å². The minimum Gasteiger partial charge on any atom is -0.477 e. The first kappa shape index (κ1) is 25.6. The van der Waals surface area contributed by atoms with Gasteiger partial charge >= 0.3 is 5.97 Å². The maximum Gasteiger partial charge on any atom is 0.348 e. The number of carboxylic acids is 1. The lowest BCUT2D eigenvalue weighted by molar-refractivity contribution is -0.121. The van der Waals surface area contributed by atoms with E-state index in [1.807, 2.05) is 30.3 Å². The van der Waals surface area contributed by atoms with Crippen LogP contribution in [-0.4, -0.2) is 48.8 Å².